The van der Waals surface area contributed by atoms with Crippen molar-refractivity contribution in [3.05, 3.63) is 76.9 Å². The zero-order valence-electron chi connectivity index (χ0n) is 20.5. The number of nitrogens with zero attached hydrogens (tertiary/aromatic N) is 3. The molecule has 0 N–H and O–H groups in total. The highest BCUT2D eigenvalue weighted by Gasteiger charge is 2.40. The lowest BCUT2D eigenvalue weighted by atomic mass is 10.1. The maximum absolute atomic E-state index is 13.9. The summed E-state index contributed by atoms with van der Waals surface area (Å²) in [6.07, 6.45) is -5.40. The summed E-state index contributed by atoms with van der Waals surface area (Å²) in [4.78, 5) is 5.74. The van der Waals surface area contributed by atoms with Crippen molar-refractivity contribution in [2.24, 2.45) is 0 Å². The van der Waals surface area contributed by atoms with E-state index in [1.165, 1.54) is 27.2 Å². The first-order chi connectivity index (χ1) is 17.5. The number of aryl methyl sites for hydroxylation is 1. The Morgan fingerprint density at radius 3 is 1.84 bits per heavy atom. The number of anilines is 1. The van der Waals surface area contributed by atoms with Gasteiger partial charge in [0.2, 0.25) is 0 Å². The summed E-state index contributed by atoms with van der Waals surface area (Å²) in [5.41, 5.74) is 0.0237. The molecule has 0 unspecified atom stereocenters. The third-order valence-electron chi connectivity index (χ3n) is 5.62. The highest BCUT2D eigenvalue weighted by atomic mass is 32.2. The quantitative estimate of drug-likeness (QED) is 0.348. The van der Waals surface area contributed by atoms with Crippen LogP contribution in [-0.4, -0.2) is 33.4 Å². The van der Waals surface area contributed by atoms with E-state index in [1.54, 1.807) is 59.5 Å². The molecule has 0 bridgehead atoms. The molecule has 0 saturated heterocycles. The topological polar surface area (TPSA) is 92.5 Å². The lowest BCUT2D eigenvalue weighted by molar-refractivity contribution is -0.140. The number of hydrogen-bond acceptors (Lipinski definition) is 7. The molecule has 0 aliphatic rings. The molecule has 0 atom stereocenters. The molecule has 2 aromatic carbocycles. The molecule has 1 heterocycles. The first-order valence-electron chi connectivity index (χ1n) is 11.2. The third kappa shape index (κ3) is 6.92. The molecule has 11 heteroatoms. The van der Waals surface area contributed by atoms with E-state index in [9.17, 15) is 21.6 Å². The maximum atomic E-state index is 13.9. The van der Waals surface area contributed by atoms with E-state index in [0.29, 0.717) is 11.5 Å². The van der Waals surface area contributed by atoms with E-state index in [2.05, 4.69) is 4.98 Å². The van der Waals surface area contributed by atoms with Crippen LogP contribution in [0.2, 0.25) is 0 Å². The number of sulfone groups is 1. The van der Waals surface area contributed by atoms with E-state index in [4.69, 9.17) is 14.7 Å². The maximum Gasteiger partial charge on any atom is 0.419 e. The molecule has 0 aliphatic heterocycles. The first kappa shape index (κ1) is 27.8. The van der Waals surface area contributed by atoms with Gasteiger partial charge in [-0.3, -0.25) is 0 Å². The third-order valence-corrected chi connectivity index (χ3v) is 7.25. The lowest BCUT2D eigenvalue weighted by Gasteiger charge is -2.26. The lowest BCUT2D eigenvalue weighted by Crippen LogP contribution is -2.26. The van der Waals surface area contributed by atoms with Gasteiger partial charge in [-0.2, -0.15) is 18.4 Å². The molecule has 0 spiro atoms. The van der Waals surface area contributed by atoms with E-state index in [1.807, 2.05) is 0 Å². The van der Waals surface area contributed by atoms with Crippen LogP contribution in [0.25, 0.3) is 0 Å². The second kappa shape index (κ2) is 11.5. The molecule has 1 aromatic heterocycles. The van der Waals surface area contributed by atoms with Crippen LogP contribution in [0.4, 0.5) is 19.0 Å². The average molecular weight is 534 g/mol. The summed E-state index contributed by atoms with van der Waals surface area (Å²) < 4.78 is 77.9. The van der Waals surface area contributed by atoms with Gasteiger partial charge in [0.15, 0.2) is 14.9 Å². The number of pyridine rings is 1. The van der Waals surface area contributed by atoms with E-state index >= 15 is 0 Å². The molecule has 3 rings (SSSR count). The van der Waals surface area contributed by atoms with Gasteiger partial charge in [0, 0.05) is 19.5 Å². The second-order valence-corrected chi connectivity index (χ2v) is 10.3. The molecular weight excluding hydrogens is 507 g/mol. The van der Waals surface area contributed by atoms with Gasteiger partial charge in [-0.05, 0) is 53.9 Å². The minimum absolute atomic E-state index is 0.0627. The Morgan fingerprint density at radius 1 is 0.946 bits per heavy atom. The molecule has 0 aliphatic carbocycles. The number of aromatic nitrogens is 1. The van der Waals surface area contributed by atoms with E-state index in [0.717, 1.165) is 11.1 Å². The standard InChI is InChI=1S/C26H26F3N3O4S/c1-18-15-23(31-25(24(18)26(27,28)29)37(33,34)14-4-13-30)32(16-19-5-9-21(35-2)10-6-19)17-20-7-11-22(36-3)12-8-20/h5-12,15H,4,14,16-17H2,1-3H3. The number of methoxy groups -OCH3 is 2. The zero-order valence-corrected chi connectivity index (χ0v) is 21.4. The molecule has 196 valence electrons. The Morgan fingerprint density at radius 2 is 1.43 bits per heavy atom. The van der Waals surface area contributed by atoms with Crippen molar-refractivity contribution in [2.75, 3.05) is 24.9 Å². The second-order valence-electron chi connectivity index (χ2n) is 8.25. The van der Waals surface area contributed by atoms with E-state index < -0.39 is 38.8 Å². The fraction of sp³-hybridized carbons (Fsp3) is 0.308. The summed E-state index contributed by atoms with van der Waals surface area (Å²) in [6, 6.07) is 17.1. The normalized spacial score (nSPS) is 11.6. The van der Waals surface area contributed by atoms with Crippen molar-refractivity contribution in [3.63, 3.8) is 0 Å². The number of alkyl halides is 3. The summed E-state index contributed by atoms with van der Waals surface area (Å²) in [7, 11) is -1.42. The molecule has 0 amide bonds. The van der Waals surface area contributed by atoms with Crippen molar-refractivity contribution < 1.29 is 31.1 Å². The van der Waals surface area contributed by atoms with Gasteiger partial charge in [0.25, 0.3) is 0 Å². The van der Waals surface area contributed by atoms with Gasteiger partial charge in [0.05, 0.1) is 31.6 Å². The van der Waals surface area contributed by atoms with Gasteiger partial charge >= 0.3 is 6.18 Å². The average Bonchev–Trinajstić information content (AvgIpc) is 2.86. The predicted molar refractivity (Wildman–Crippen MR) is 132 cm³/mol. The predicted octanol–water partition coefficient (Wildman–Crippen LogP) is 5.32. The largest absolute Gasteiger partial charge is 0.497 e. The Kier molecular flexibility index (Phi) is 8.65. The van der Waals surface area contributed by atoms with Crippen molar-refractivity contribution in [1.29, 1.82) is 5.26 Å². The smallest absolute Gasteiger partial charge is 0.419 e. The number of rotatable bonds is 10. The number of nitriles is 1. The fourth-order valence-electron chi connectivity index (χ4n) is 3.76. The fourth-order valence-corrected chi connectivity index (χ4v) is 5.13. The van der Waals surface area contributed by atoms with E-state index in [-0.39, 0.29) is 24.5 Å². The summed E-state index contributed by atoms with van der Waals surface area (Å²) in [5, 5.41) is 7.75. The zero-order chi connectivity index (χ0) is 27.2. The van der Waals surface area contributed by atoms with Crippen molar-refractivity contribution in [3.8, 4) is 17.6 Å². The molecular formula is C26H26F3N3O4S. The number of hydrogen-bond donors (Lipinski definition) is 0. The molecule has 0 saturated carbocycles. The molecule has 0 fully saturated rings. The van der Waals surface area contributed by atoms with Crippen LogP contribution >= 0.6 is 0 Å². The van der Waals surface area contributed by atoms with Gasteiger partial charge in [-0.25, -0.2) is 13.4 Å². The first-order valence-corrected chi connectivity index (χ1v) is 12.8. The number of benzene rings is 2. The summed E-state index contributed by atoms with van der Waals surface area (Å²) in [5.74, 6) is 0.576. The minimum atomic E-state index is -4.94. The Hall–Kier alpha value is -3.78. The van der Waals surface area contributed by atoms with Crippen LogP contribution in [0.3, 0.4) is 0 Å². The van der Waals surface area contributed by atoms with Crippen molar-refractivity contribution in [2.45, 2.75) is 37.6 Å². The van der Waals surface area contributed by atoms with Crippen molar-refractivity contribution >= 4 is 15.7 Å². The van der Waals surface area contributed by atoms with Crippen LogP contribution in [0.1, 0.15) is 28.7 Å². The summed E-state index contributed by atoms with van der Waals surface area (Å²) in [6.45, 7) is 1.66. The van der Waals surface area contributed by atoms with Crippen LogP contribution in [-0.2, 0) is 29.1 Å². The number of ether oxygens (including phenoxy) is 2. The van der Waals surface area contributed by atoms with Crippen molar-refractivity contribution in [1.82, 2.24) is 4.98 Å². The van der Waals surface area contributed by atoms with Gasteiger partial charge in [0.1, 0.15) is 17.3 Å². The van der Waals surface area contributed by atoms with Gasteiger partial charge in [-0.15, -0.1) is 0 Å². The molecule has 37 heavy (non-hydrogen) atoms. The molecule has 0 radical (unpaired) electrons. The molecule has 7 nitrogen and oxygen atoms in total. The van der Waals surface area contributed by atoms with Crippen LogP contribution in [0.5, 0.6) is 11.5 Å². The Bertz CT molecular complexity index is 1320. The Labute approximate surface area is 214 Å². The molecule has 3 aromatic rings. The number of halogens is 3. The van der Waals surface area contributed by atoms with Crippen LogP contribution in [0.15, 0.2) is 59.6 Å². The highest BCUT2D eigenvalue weighted by Crippen LogP contribution is 2.38. The monoisotopic (exact) mass is 533 g/mol. The van der Waals surface area contributed by atoms with Crippen LogP contribution < -0.4 is 14.4 Å². The SMILES string of the molecule is COc1ccc(CN(Cc2ccc(OC)cc2)c2cc(C)c(C(F)(F)F)c(S(=O)(=O)CCC#N)n2)cc1. The Balaban J connectivity index is 2.14. The highest BCUT2D eigenvalue weighted by molar-refractivity contribution is 7.91. The minimum Gasteiger partial charge on any atom is -0.497 e. The van der Waals surface area contributed by atoms with Crippen LogP contribution in [0, 0.1) is 18.3 Å². The van der Waals surface area contributed by atoms with Gasteiger partial charge < -0.3 is 14.4 Å². The summed E-state index contributed by atoms with van der Waals surface area (Å²) >= 11 is 0. The van der Waals surface area contributed by atoms with Gasteiger partial charge in [-0.1, -0.05) is 24.3 Å².